The number of imide groups is 1. The molecule has 2 amide bonds. The minimum absolute atomic E-state index is 0.140. The van der Waals surface area contributed by atoms with Crippen molar-refractivity contribution >= 4 is 17.6 Å². The minimum atomic E-state index is -0.410. The first-order chi connectivity index (χ1) is 9.11. The Morgan fingerprint density at radius 1 is 1.47 bits per heavy atom. The molecular formula is C13H17N3O3. The van der Waals surface area contributed by atoms with Crippen LogP contribution in [0.25, 0.3) is 0 Å². The lowest BCUT2D eigenvalue weighted by atomic mass is 10.0. The SMILES string of the molecule is CCOc1cccc(NC2CCC(=O)N(C)C2=O)n1. The van der Waals surface area contributed by atoms with Crippen molar-refractivity contribution in [1.82, 2.24) is 9.88 Å². The fraction of sp³-hybridized carbons (Fsp3) is 0.462. The Bertz CT molecular complexity index is 490. The van der Waals surface area contributed by atoms with E-state index in [-0.39, 0.29) is 11.8 Å². The summed E-state index contributed by atoms with van der Waals surface area (Å²) in [6.45, 7) is 2.42. The highest BCUT2D eigenvalue weighted by atomic mass is 16.5. The van der Waals surface area contributed by atoms with Gasteiger partial charge < -0.3 is 10.1 Å². The zero-order valence-electron chi connectivity index (χ0n) is 11.0. The maximum Gasteiger partial charge on any atom is 0.251 e. The van der Waals surface area contributed by atoms with Crippen molar-refractivity contribution in [1.29, 1.82) is 0 Å². The number of rotatable bonds is 4. The molecule has 6 heteroatoms. The monoisotopic (exact) mass is 263 g/mol. The number of nitrogens with zero attached hydrogens (tertiary/aromatic N) is 2. The van der Waals surface area contributed by atoms with E-state index in [1.807, 2.05) is 13.0 Å². The van der Waals surface area contributed by atoms with Gasteiger partial charge in [-0.1, -0.05) is 6.07 Å². The molecule has 2 rings (SSSR count). The summed E-state index contributed by atoms with van der Waals surface area (Å²) in [4.78, 5) is 28.7. The topological polar surface area (TPSA) is 71.5 Å². The average Bonchev–Trinajstić information content (AvgIpc) is 2.40. The molecule has 1 saturated heterocycles. The Labute approximate surface area is 111 Å². The van der Waals surface area contributed by atoms with Gasteiger partial charge in [-0.05, 0) is 19.4 Å². The second-order valence-electron chi connectivity index (χ2n) is 4.32. The highest BCUT2D eigenvalue weighted by molar-refractivity contribution is 6.01. The summed E-state index contributed by atoms with van der Waals surface area (Å²) in [6.07, 6.45) is 0.855. The van der Waals surface area contributed by atoms with Gasteiger partial charge in [-0.15, -0.1) is 0 Å². The van der Waals surface area contributed by atoms with Gasteiger partial charge >= 0.3 is 0 Å². The summed E-state index contributed by atoms with van der Waals surface area (Å²) < 4.78 is 5.30. The van der Waals surface area contributed by atoms with Crippen LogP contribution in [0.5, 0.6) is 5.88 Å². The average molecular weight is 263 g/mol. The van der Waals surface area contributed by atoms with Crippen LogP contribution in [0.15, 0.2) is 18.2 Å². The molecule has 1 aliphatic heterocycles. The summed E-state index contributed by atoms with van der Waals surface area (Å²) in [6, 6.07) is 4.92. The third-order valence-electron chi connectivity index (χ3n) is 2.99. The molecule has 1 aromatic rings. The lowest BCUT2D eigenvalue weighted by Gasteiger charge is -2.28. The molecule has 0 spiro atoms. The number of pyridine rings is 1. The minimum Gasteiger partial charge on any atom is -0.478 e. The number of likely N-dealkylation sites (N-methyl/N-ethyl adjacent to an activating group) is 1. The van der Waals surface area contributed by atoms with Crippen LogP contribution in [-0.2, 0) is 9.59 Å². The number of likely N-dealkylation sites (tertiary alicyclic amines) is 1. The largest absolute Gasteiger partial charge is 0.478 e. The van der Waals surface area contributed by atoms with E-state index in [1.165, 1.54) is 7.05 Å². The van der Waals surface area contributed by atoms with Crippen LogP contribution in [0.3, 0.4) is 0 Å². The van der Waals surface area contributed by atoms with E-state index < -0.39 is 6.04 Å². The first kappa shape index (κ1) is 13.3. The molecule has 1 fully saturated rings. The van der Waals surface area contributed by atoms with Gasteiger partial charge in [-0.3, -0.25) is 14.5 Å². The van der Waals surface area contributed by atoms with Gasteiger partial charge in [0.2, 0.25) is 11.8 Å². The fourth-order valence-corrected chi connectivity index (χ4v) is 1.95. The van der Waals surface area contributed by atoms with Gasteiger partial charge in [0.05, 0.1) is 6.61 Å². The summed E-state index contributed by atoms with van der Waals surface area (Å²) in [5.41, 5.74) is 0. The zero-order valence-corrected chi connectivity index (χ0v) is 11.0. The molecule has 1 aromatic heterocycles. The normalized spacial score (nSPS) is 19.5. The molecule has 1 atom stereocenters. The number of hydrogen-bond donors (Lipinski definition) is 1. The number of piperidine rings is 1. The number of nitrogens with one attached hydrogen (secondary N) is 1. The Morgan fingerprint density at radius 2 is 2.26 bits per heavy atom. The summed E-state index contributed by atoms with van der Waals surface area (Å²) in [5.74, 6) is 0.728. The molecule has 1 N–H and O–H groups in total. The van der Waals surface area contributed by atoms with Gasteiger partial charge in [0.25, 0.3) is 5.91 Å². The van der Waals surface area contributed by atoms with E-state index >= 15 is 0 Å². The lowest BCUT2D eigenvalue weighted by Crippen LogP contribution is -2.48. The summed E-state index contributed by atoms with van der Waals surface area (Å²) in [5, 5.41) is 3.05. The molecule has 0 saturated carbocycles. The molecule has 2 heterocycles. The van der Waals surface area contributed by atoms with Crippen molar-refractivity contribution in [2.45, 2.75) is 25.8 Å². The molecule has 0 radical (unpaired) electrons. The van der Waals surface area contributed by atoms with Crippen LogP contribution < -0.4 is 10.1 Å². The van der Waals surface area contributed by atoms with Gasteiger partial charge in [0, 0.05) is 19.5 Å². The second-order valence-corrected chi connectivity index (χ2v) is 4.32. The third-order valence-corrected chi connectivity index (χ3v) is 2.99. The van der Waals surface area contributed by atoms with E-state index in [1.54, 1.807) is 12.1 Å². The Balaban J connectivity index is 2.06. The molecule has 0 aromatic carbocycles. The standard InChI is InChI=1S/C13H17N3O3/c1-3-19-11-6-4-5-10(15-11)14-9-7-8-12(17)16(2)13(9)18/h4-6,9H,3,7-8H2,1-2H3,(H,14,15). The number of amides is 2. The molecular weight excluding hydrogens is 246 g/mol. The van der Waals surface area contributed by atoms with Crippen LogP contribution in [0, 0.1) is 0 Å². The van der Waals surface area contributed by atoms with Gasteiger partial charge in [-0.2, -0.15) is 4.98 Å². The molecule has 102 valence electrons. The van der Waals surface area contributed by atoms with Gasteiger partial charge in [-0.25, -0.2) is 0 Å². The molecule has 0 bridgehead atoms. The molecule has 19 heavy (non-hydrogen) atoms. The van der Waals surface area contributed by atoms with E-state index in [4.69, 9.17) is 4.74 Å². The predicted molar refractivity (Wildman–Crippen MR) is 69.8 cm³/mol. The Kier molecular flexibility index (Phi) is 3.99. The van der Waals surface area contributed by atoms with Crippen LogP contribution in [0.2, 0.25) is 0 Å². The quantitative estimate of drug-likeness (QED) is 0.822. The van der Waals surface area contributed by atoms with Crippen molar-refractivity contribution in [3.8, 4) is 5.88 Å². The lowest BCUT2D eigenvalue weighted by molar-refractivity contribution is -0.146. The molecule has 1 unspecified atom stereocenters. The molecule has 1 aliphatic rings. The highest BCUT2D eigenvalue weighted by Gasteiger charge is 2.31. The maximum atomic E-state index is 11.9. The predicted octanol–water partition coefficient (Wildman–Crippen LogP) is 1.04. The van der Waals surface area contributed by atoms with Crippen LogP contribution in [0.4, 0.5) is 5.82 Å². The van der Waals surface area contributed by atoms with E-state index in [9.17, 15) is 9.59 Å². The number of hydrogen-bond acceptors (Lipinski definition) is 5. The fourth-order valence-electron chi connectivity index (χ4n) is 1.95. The van der Waals surface area contributed by atoms with E-state index in [0.717, 1.165) is 4.90 Å². The molecule has 0 aliphatic carbocycles. The van der Waals surface area contributed by atoms with Crippen molar-refractivity contribution < 1.29 is 14.3 Å². The van der Waals surface area contributed by atoms with Crippen LogP contribution >= 0.6 is 0 Å². The van der Waals surface area contributed by atoms with Crippen LogP contribution in [-0.4, -0.2) is 41.4 Å². The molecule has 6 nitrogen and oxygen atoms in total. The van der Waals surface area contributed by atoms with Crippen molar-refractivity contribution in [3.05, 3.63) is 18.2 Å². The second kappa shape index (κ2) is 5.69. The van der Waals surface area contributed by atoms with Gasteiger partial charge in [0.1, 0.15) is 11.9 Å². The van der Waals surface area contributed by atoms with Crippen molar-refractivity contribution in [3.63, 3.8) is 0 Å². The first-order valence-electron chi connectivity index (χ1n) is 6.28. The Hall–Kier alpha value is -2.11. The van der Waals surface area contributed by atoms with Crippen molar-refractivity contribution in [2.24, 2.45) is 0 Å². The van der Waals surface area contributed by atoms with Crippen LogP contribution in [0.1, 0.15) is 19.8 Å². The maximum absolute atomic E-state index is 11.9. The number of carbonyl (C=O) groups is 2. The number of anilines is 1. The number of aromatic nitrogens is 1. The zero-order chi connectivity index (χ0) is 13.8. The van der Waals surface area contributed by atoms with E-state index in [2.05, 4.69) is 10.3 Å². The summed E-state index contributed by atoms with van der Waals surface area (Å²) in [7, 11) is 1.50. The van der Waals surface area contributed by atoms with Crippen molar-refractivity contribution in [2.75, 3.05) is 19.0 Å². The summed E-state index contributed by atoms with van der Waals surface area (Å²) >= 11 is 0. The van der Waals surface area contributed by atoms with E-state index in [0.29, 0.717) is 31.1 Å². The number of carbonyl (C=O) groups excluding carboxylic acids is 2. The van der Waals surface area contributed by atoms with Gasteiger partial charge in [0.15, 0.2) is 0 Å². The Morgan fingerprint density at radius 3 is 3.00 bits per heavy atom. The third kappa shape index (κ3) is 3.01. The smallest absolute Gasteiger partial charge is 0.251 e. The first-order valence-corrected chi connectivity index (χ1v) is 6.28. The number of ether oxygens (including phenoxy) is 1. The highest BCUT2D eigenvalue weighted by Crippen LogP contribution is 2.17.